The minimum absolute atomic E-state index is 0.00281. The normalized spacial score (nSPS) is 12.6. The zero-order chi connectivity index (χ0) is 15.7. The smallest absolute Gasteiger partial charge is 0.348 e. The number of carboxylic acid groups (broad SMARTS) is 1. The van der Waals surface area contributed by atoms with Gasteiger partial charge >= 0.3 is 11.7 Å². The maximum absolute atomic E-state index is 12.0. The van der Waals surface area contributed by atoms with Gasteiger partial charge in [-0.1, -0.05) is 11.6 Å². The van der Waals surface area contributed by atoms with Gasteiger partial charge in [0.25, 0.3) is 0 Å². The van der Waals surface area contributed by atoms with Gasteiger partial charge in [0, 0.05) is 18.0 Å². The molecule has 8 heteroatoms. The molecule has 0 aliphatic heterocycles. The zero-order valence-corrected chi connectivity index (χ0v) is 13.0. The van der Waals surface area contributed by atoms with E-state index in [9.17, 15) is 14.1 Å². The predicted molar refractivity (Wildman–Crippen MR) is 80.3 cm³/mol. The third kappa shape index (κ3) is 3.20. The highest BCUT2D eigenvalue weighted by Crippen LogP contribution is 2.28. The number of aromatic nitrogens is 2. The maximum atomic E-state index is 12.0. The second-order valence-electron chi connectivity index (χ2n) is 4.53. The first-order chi connectivity index (χ1) is 9.81. The minimum atomic E-state index is -1.27. The molecule has 1 heterocycles. The third-order valence-electron chi connectivity index (χ3n) is 3.08. The van der Waals surface area contributed by atoms with Crippen molar-refractivity contribution < 1.29 is 14.5 Å². The molecule has 2 aromatic rings. The van der Waals surface area contributed by atoms with Crippen molar-refractivity contribution in [3.63, 3.8) is 0 Å². The van der Waals surface area contributed by atoms with Crippen molar-refractivity contribution >= 4 is 39.6 Å². The summed E-state index contributed by atoms with van der Waals surface area (Å²) in [5.41, 5.74) is 0.459. The molecule has 1 atom stereocenters. The average molecular weight is 329 g/mol. The van der Waals surface area contributed by atoms with E-state index in [0.717, 1.165) is 0 Å². The molecule has 0 spiro atoms. The standard InChI is InChI=1S/C13H13ClN2O4S/c1-7-8-5-11(21(2)20)9(14)6-10(8)16(13(19)15-7)4-3-12(17)18/h5-6H,3-4H2,1-2H3,(H,17,18). The molecular formula is C13H13ClN2O4S. The molecule has 0 amide bonds. The lowest BCUT2D eigenvalue weighted by Gasteiger charge is -2.13. The summed E-state index contributed by atoms with van der Waals surface area (Å²) in [6.07, 6.45) is 1.31. The van der Waals surface area contributed by atoms with Gasteiger partial charge in [-0.3, -0.25) is 9.36 Å². The van der Waals surface area contributed by atoms with Crippen LogP contribution in [0.3, 0.4) is 0 Å². The lowest BCUT2D eigenvalue weighted by Crippen LogP contribution is -2.25. The monoisotopic (exact) mass is 328 g/mol. The lowest BCUT2D eigenvalue weighted by molar-refractivity contribution is -0.137. The Morgan fingerprint density at radius 2 is 2.19 bits per heavy atom. The van der Waals surface area contributed by atoms with Gasteiger partial charge in [-0.05, 0) is 24.2 Å². The van der Waals surface area contributed by atoms with E-state index in [2.05, 4.69) is 4.98 Å². The topological polar surface area (TPSA) is 95.2 Å². The van der Waals surface area contributed by atoms with Crippen LogP contribution in [0, 0.1) is 6.92 Å². The van der Waals surface area contributed by atoms with Gasteiger partial charge in [-0.2, -0.15) is 4.98 Å². The largest absolute Gasteiger partial charge is 0.612 e. The number of aliphatic carboxylic acids is 1. The first kappa shape index (κ1) is 15.8. The number of rotatable bonds is 4. The molecule has 6 nitrogen and oxygen atoms in total. The number of fused-ring (bicyclic) bond motifs is 1. The van der Waals surface area contributed by atoms with E-state index < -0.39 is 22.8 Å². The van der Waals surface area contributed by atoms with E-state index in [1.54, 1.807) is 13.0 Å². The Bertz CT molecular complexity index is 773. The highest BCUT2D eigenvalue weighted by molar-refractivity contribution is 7.90. The van der Waals surface area contributed by atoms with Crippen LogP contribution in [0.25, 0.3) is 10.9 Å². The Labute approximate surface area is 128 Å². The lowest BCUT2D eigenvalue weighted by atomic mass is 10.2. The molecule has 0 fully saturated rings. The number of aryl methyl sites for hydroxylation is 2. The molecule has 0 radical (unpaired) electrons. The minimum Gasteiger partial charge on any atom is -0.612 e. The van der Waals surface area contributed by atoms with Crippen LogP contribution in [0.4, 0.5) is 0 Å². The Kier molecular flexibility index (Phi) is 4.55. The van der Waals surface area contributed by atoms with Gasteiger partial charge in [-0.15, -0.1) is 0 Å². The number of benzene rings is 1. The van der Waals surface area contributed by atoms with E-state index in [4.69, 9.17) is 16.7 Å². The summed E-state index contributed by atoms with van der Waals surface area (Å²) in [6, 6.07) is 3.17. The highest BCUT2D eigenvalue weighted by atomic mass is 35.5. The van der Waals surface area contributed by atoms with Gasteiger partial charge in [0.2, 0.25) is 0 Å². The van der Waals surface area contributed by atoms with Gasteiger partial charge in [-0.25, -0.2) is 4.79 Å². The summed E-state index contributed by atoms with van der Waals surface area (Å²) in [4.78, 5) is 27.0. The van der Waals surface area contributed by atoms with Crippen LogP contribution in [0.15, 0.2) is 21.8 Å². The number of hydrogen-bond donors (Lipinski definition) is 1. The van der Waals surface area contributed by atoms with Crippen molar-refractivity contribution in [2.75, 3.05) is 6.26 Å². The average Bonchev–Trinajstić information content (AvgIpc) is 2.36. The number of carbonyl (C=O) groups is 1. The van der Waals surface area contributed by atoms with Crippen molar-refractivity contribution in [2.45, 2.75) is 24.8 Å². The molecule has 0 bridgehead atoms. The van der Waals surface area contributed by atoms with Crippen molar-refractivity contribution in [1.29, 1.82) is 0 Å². The summed E-state index contributed by atoms with van der Waals surface area (Å²) >= 11 is 4.82. The molecule has 0 aliphatic rings. The SMILES string of the molecule is Cc1nc(=O)n(CCC(=O)O)c2cc(Cl)c([S+](C)[O-])cc12. The first-order valence-electron chi connectivity index (χ1n) is 6.07. The van der Waals surface area contributed by atoms with E-state index in [-0.39, 0.29) is 18.0 Å². The summed E-state index contributed by atoms with van der Waals surface area (Å²) in [7, 11) is 0. The fourth-order valence-electron chi connectivity index (χ4n) is 2.07. The first-order valence-corrected chi connectivity index (χ1v) is 8.00. The van der Waals surface area contributed by atoms with Crippen LogP contribution >= 0.6 is 11.6 Å². The fourth-order valence-corrected chi connectivity index (χ4v) is 3.17. The van der Waals surface area contributed by atoms with Crippen LogP contribution in [0.1, 0.15) is 12.1 Å². The quantitative estimate of drug-likeness (QED) is 0.859. The van der Waals surface area contributed by atoms with Crippen molar-refractivity contribution in [1.82, 2.24) is 9.55 Å². The van der Waals surface area contributed by atoms with Crippen LogP contribution in [-0.2, 0) is 22.5 Å². The Morgan fingerprint density at radius 1 is 1.52 bits per heavy atom. The number of carboxylic acids is 1. The summed E-state index contributed by atoms with van der Waals surface area (Å²) in [6.45, 7) is 1.67. The summed E-state index contributed by atoms with van der Waals surface area (Å²) in [5.74, 6) is -1.01. The number of hydrogen-bond acceptors (Lipinski definition) is 4. The van der Waals surface area contributed by atoms with E-state index in [1.807, 2.05) is 0 Å². The maximum Gasteiger partial charge on any atom is 0.348 e. The van der Waals surface area contributed by atoms with Gasteiger partial charge in [0.15, 0.2) is 4.90 Å². The molecule has 0 saturated carbocycles. The Hall–Kier alpha value is -1.57. The van der Waals surface area contributed by atoms with Gasteiger partial charge < -0.3 is 9.66 Å². The second kappa shape index (κ2) is 6.05. The number of halogens is 1. The molecular weight excluding hydrogens is 316 g/mol. The summed E-state index contributed by atoms with van der Waals surface area (Å²) in [5, 5.41) is 9.67. The van der Waals surface area contributed by atoms with E-state index in [0.29, 0.717) is 21.5 Å². The number of nitrogens with zero attached hydrogens (tertiary/aromatic N) is 2. The molecule has 2 rings (SSSR count). The Morgan fingerprint density at radius 3 is 2.76 bits per heavy atom. The molecule has 1 aromatic carbocycles. The van der Waals surface area contributed by atoms with Crippen LogP contribution in [0.5, 0.6) is 0 Å². The molecule has 1 aromatic heterocycles. The van der Waals surface area contributed by atoms with Crippen LogP contribution in [0.2, 0.25) is 5.02 Å². The molecule has 112 valence electrons. The zero-order valence-electron chi connectivity index (χ0n) is 11.4. The predicted octanol–water partition coefficient (Wildman–Crippen LogP) is 1.57. The van der Waals surface area contributed by atoms with Crippen LogP contribution < -0.4 is 5.69 Å². The van der Waals surface area contributed by atoms with Gasteiger partial charge in [0.1, 0.15) is 6.26 Å². The molecule has 0 saturated heterocycles. The second-order valence-corrected chi connectivity index (χ2v) is 6.28. The molecule has 0 aliphatic carbocycles. The molecule has 1 N–H and O–H groups in total. The van der Waals surface area contributed by atoms with Crippen LogP contribution in [-0.4, -0.2) is 31.4 Å². The van der Waals surface area contributed by atoms with Gasteiger partial charge in [0.05, 0.1) is 22.7 Å². The molecule has 1 unspecified atom stereocenters. The van der Waals surface area contributed by atoms with E-state index in [1.165, 1.54) is 16.9 Å². The Balaban J connectivity index is 2.72. The van der Waals surface area contributed by atoms with E-state index >= 15 is 0 Å². The third-order valence-corrected chi connectivity index (χ3v) is 4.47. The van der Waals surface area contributed by atoms with Crippen molar-refractivity contribution in [3.8, 4) is 0 Å². The summed E-state index contributed by atoms with van der Waals surface area (Å²) < 4.78 is 12.9. The highest BCUT2D eigenvalue weighted by Gasteiger charge is 2.16. The van der Waals surface area contributed by atoms with Crippen molar-refractivity contribution in [2.24, 2.45) is 0 Å². The fraction of sp³-hybridized carbons (Fsp3) is 0.308. The van der Waals surface area contributed by atoms with Crippen molar-refractivity contribution in [3.05, 3.63) is 33.3 Å². The molecule has 21 heavy (non-hydrogen) atoms.